The Kier molecular flexibility index (Phi) is 4.69. The molecule has 2 rings (SSSR count). The quantitative estimate of drug-likeness (QED) is 0.699. The largest absolute Gasteiger partial charge is 0.381 e. The molecule has 0 saturated heterocycles. The van der Waals surface area contributed by atoms with E-state index < -0.39 is 0 Å². The van der Waals surface area contributed by atoms with Gasteiger partial charge in [-0.3, -0.25) is 0 Å². The van der Waals surface area contributed by atoms with E-state index in [9.17, 15) is 0 Å². The van der Waals surface area contributed by atoms with Gasteiger partial charge in [0.25, 0.3) is 0 Å². The summed E-state index contributed by atoms with van der Waals surface area (Å²) in [5.74, 6) is 0. The fourth-order valence-corrected chi connectivity index (χ4v) is 2.29. The Morgan fingerprint density at radius 2 is 2.06 bits per heavy atom. The highest BCUT2D eigenvalue weighted by Crippen LogP contribution is 2.18. The second-order valence-corrected chi connectivity index (χ2v) is 5.16. The van der Waals surface area contributed by atoms with Gasteiger partial charge in [0.05, 0.1) is 6.61 Å². The minimum Gasteiger partial charge on any atom is -0.381 e. The van der Waals surface area contributed by atoms with Gasteiger partial charge in [0.2, 0.25) is 0 Å². The van der Waals surface area contributed by atoms with Gasteiger partial charge in [-0.1, -0.05) is 0 Å². The van der Waals surface area contributed by atoms with Crippen LogP contribution in [0.3, 0.4) is 0 Å². The molecule has 1 aromatic heterocycles. The number of rotatable bonds is 8. The standard InChI is InChI=1S/C11H19N3OS/c1-2-15-8-6-11-14-13-10(16-11)5-7-12-9-3-4-9/h9,12H,2-8H2,1H3. The minimum atomic E-state index is 0.755. The van der Waals surface area contributed by atoms with Crippen LogP contribution < -0.4 is 5.32 Å². The Labute approximate surface area is 100 Å². The Balaban J connectivity index is 1.64. The van der Waals surface area contributed by atoms with Crippen molar-refractivity contribution < 1.29 is 4.74 Å². The van der Waals surface area contributed by atoms with Crippen molar-refractivity contribution in [2.45, 2.75) is 38.6 Å². The molecule has 16 heavy (non-hydrogen) atoms. The van der Waals surface area contributed by atoms with Crippen LogP contribution >= 0.6 is 11.3 Å². The third-order valence-corrected chi connectivity index (χ3v) is 3.57. The van der Waals surface area contributed by atoms with Gasteiger partial charge in [0, 0.05) is 32.0 Å². The maximum atomic E-state index is 5.29. The lowest BCUT2D eigenvalue weighted by Gasteiger charge is -1.98. The molecule has 0 radical (unpaired) electrons. The van der Waals surface area contributed by atoms with Crippen LogP contribution in [0.4, 0.5) is 0 Å². The van der Waals surface area contributed by atoms with Crippen LogP contribution in [0.15, 0.2) is 0 Å². The van der Waals surface area contributed by atoms with Crippen LogP contribution in [0.2, 0.25) is 0 Å². The summed E-state index contributed by atoms with van der Waals surface area (Å²) >= 11 is 1.71. The van der Waals surface area contributed by atoms with E-state index in [1.165, 1.54) is 12.8 Å². The molecule has 4 nitrogen and oxygen atoms in total. The monoisotopic (exact) mass is 241 g/mol. The summed E-state index contributed by atoms with van der Waals surface area (Å²) in [6.45, 7) is 4.57. The summed E-state index contributed by atoms with van der Waals surface area (Å²) in [5.41, 5.74) is 0. The van der Waals surface area contributed by atoms with Crippen LogP contribution in [0.5, 0.6) is 0 Å². The van der Waals surface area contributed by atoms with E-state index in [2.05, 4.69) is 15.5 Å². The van der Waals surface area contributed by atoms with Crippen molar-refractivity contribution in [3.63, 3.8) is 0 Å². The molecular weight excluding hydrogens is 222 g/mol. The van der Waals surface area contributed by atoms with Crippen molar-refractivity contribution in [1.29, 1.82) is 0 Å². The van der Waals surface area contributed by atoms with Crippen molar-refractivity contribution >= 4 is 11.3 Å². The maximum Gasteiger partial charge on any atom is 0.119 e. The van der Waals surface area contributed by atoms with E-state index in [4.69, 9.17) is 4.74 Å². The van der Waals surface area contributed by atoms with Crippen molar-refractivity contribution in [2.24, 2.45) is 0 Å². The highest BCUT2D eigenvalue weighted by molar-refractivity contribution is 7.11. The molecule has 0 atom stereocenters. The van der Waals surface area contributed by atoms with Crippen molar-refractivity contribution in [2.75, 3.05) is 19.8 Å². The lowest BCUT2D eigenvalue weighted by Crippen LogP contribution is -2.19. The maximum absolute atomic E-state index is 5.29. The molecule has 90 valence electrons. The van der Waals surface area contributed by atoms with E-state index in [0.717, 1.165) is 48.7 Å². The van der Waals surface area contributed by atoms with Gasteiger partial charge < -0.3 is 10.1 Å². The Morgan fingerprint density at radius 3 is 2.75 bits per heavy atom. The average Bonchev–Trinajstić information content (AvgIpc) is 2.99. The summed E-state index contributed by atoms with van der Waals surface area (Å²) in [4.78, 5) is 0. The van der Waals surface area contributed by atoms with Crippen LogP contribution in [0, 0.1) is 0 Å². The number of ether oxygens (including phenoxy) is 1. The van der Waals surface area contributed by atoms with Crippen LogP contribution in [-0.4, -0.2) is 36.0 Å². The number of hydrogen-bond acceptors (Lipinski definition) is 5. The molecule has 5 heteroatoms. The van der Waals surface area contributed by atoms with Gasteiger partial charge in [-0.15, -0.1) is 21.5 Å². The van der Waals surface area contributed by atoms with Gasteiger partial charge in [0.15, 0.2) is 0 Å². The molecule has 0 amide bonds. The first-order valence-electron chi connectivity index (χ1n) is 6.01. The first kappa shape index (κ1) is 12.0. The molecule has 0 spiro atoms. The van der Waals surface area contributed by atoms with Crippen molar-refractivity contribution in [1.82, 2.24) is 15.5 Å². The number of aromatic nitrogens is 2. The molecule has 0 bridgehead atoms. The number of nitrogens with one attached hydrogen (secondary N) is 1. The smallest absolute Gasteiger partial charge is 0.119 e. The lowest BCUT2D eigenvalue weighted by molar-refractivity contribution is 0.150. The zero-order valence-electron chi connectivity index (χ0n) is 9.74. The van der Waals surface area contributed by atoms with Gasteiger partial charge in [0.1, 0.15) is 10.0 Å². The molecule has 0 aliphatic heterocycles. The molecule has 1 aliphatic carbocycles. The molecule has 1 aromatic rings. The summed E-state index contributed by atoms with van der Waals surface area (Å²) in [6, 6.07) is 0.783. The molecule has 0 aromatic carbocycles. The van der Waals surface area contributed by atoms with E-state index in [-0.39, 0.29) is 0 Å². The first-order valence-corrected chi connectivity index (χ1v) is 6.82. The molecule has 1 N–H and O–H groups in total. The average molecular weight is 241 g/mol. The second-order valence-electron chi connectivity index (χ2n) is 4.01. The van der Waals surface area contributed by atoms with Crippen LogP contribution in [0.25, 0.3) is 0 Å². The molecule has 1 fully saturated rings. The predicted octanol–water partition coefficient (Wildman–Crippen LogP) is 1.41. The number of hydrogen-bond donors (Lipinski definition) is 1. The van der Waals surface area contributed by atoms with E-state index in [1.54, 1.807) is 11.3 Å². The fraction of sp³-hybridized carbons (Fsp3) is 0.818. The third kappa shape index (κ3) is 4.15. The Morgan fingerprint density at radius 1 is 1.31 bits per heavy atom. The van der Waals surface area contributed by atoms with Crippen molar-refractivity contribution in [3.8, 4) is 0 Å². The summed E-state index contributed by atoms with van der Waals surface area (Å²) in [6.07, 6.45) is 4.58. The molecule has 1 aliphatic rings. The summed E-state index contributed by atoms with van der Waals surface area (Å²) in [5, 5.41) is 14.1. The summed E-state index contributed by atoms with van der Waals surface area (Å²) < 4.78 is 5.29. The molecule has 1 heterocycles. The highest BCUT2D eigenvalue weighted by Gasteiger charge is 2.19. The summed E-state index contributed by atoms with van der Waals surface area (Å²) in [7, 11) is 0. The van der Waals surface area contributed by atoms with Crippen molar-refractivity contribution in [3.05, 3.63) is 10.0 Å². The van der Waals surface area contributed by atoms with Gasteiger partial charge in [-0.2, -0.15) is 0 Å². The normalized spacial score (nSPS) is 15.6. The second kappa shape index (κ2) is 6.27. The SMILES string of the molecule is CCOCCc1nnc(CCNC2CC2)s1. The van der Waals surface area contributed by atoms with Crippen LogP contribution in [-0.2, 0) is 17.6 Å². The zero-order chi connectivity index (χ0) is 11.2. The third-order valence-electron chi connectivity index (χ3n) is 2.52. The first-order chi connectivity index (χ1) is 7.88. The number of nitrogens with zero attached hydrogens (tertiary/aromatic N) is 2. The Hall–Kier alpha value is -0.520. The van der Waals surface area contributed by atoms with Gasteiger partial charge in [-0.05, 0) is 19.8 Å². The molecule has 0 unspecified atom stereocenters. The fourth-order valence-electron chi connectivity index (χ4n) is 1.46. The van der Waals surface area contributed by atoms with E-state index in [1.807, 2.05) is 6.92 Å². The van der Waals surface area contributed by atoms with E-state index >= 15 is 0 Å². The van der Waals surface area contributed by atoms with Gasteiger partial charge in [-0.25, -0.2) is 0 Å². The zero-order valence-corrected chi connectivity index (χ0v) is 10.6. The molecular formula is C11H19N3OS. The lowest BCUT2D eigenvalue weighted by atomic mass is 10.4. The minimum absolute atomic E-state index is 0.755. The highest BCUT2D eigenvalue weighted by atomic mass is 32.1. The van der Waals surface area contributed by atoms with Crippen LogP contribution in [0.1, 0.15) is 29.8 Å². The topological polar surface area (TPSA) is 47.0 Å². The molecule has 1 saturated carbocycles. The predicted molar refractivity (Wildman–Crippen MR) is 64.8 cm³/mol. The van der Waals surface area contributed by atoms with E-state index in [0.29, 0.717) is 0 Å². The van der Waals surface area contributed by atoms with Gasteiger partial charge >= 0.3 is 0 Å². The Bertz CT molecular complexity index is 312.